The predicted molar refractivity (Wildman–Crippen MR) is 52.9 cm³/mol. The Morgan fingerprint density at radius 1 is 1.42 bits per heavy atom. The van der Waals surface area contributed by atoms with Crippen LogP contribution in [0.2, 0.25) is 0 Å². The molecule has 0 bridgehead atoms. The third-order valence-electron chi connectivity index (χ3n) is 1.18. The van der Waals surface area contributed by atoms with E-state index in [0.717, 1.165) is 0 Å². The zero-order chi connectivity index (χ0) is 9.40. The molecule has 0 saturated heterocycles. The second kappa shape index (κ2) is 6.80. The molecule has 1 N–H and O–H groups in total. The van der Waals surface area contributed by atoms with Crippen molar-refractivity contribution < 1.29 is 4.74 Å². The molecule has 0 radical (unpaired) electrons. The Labute approximate surface area is 78.6 Å². The molecule has 68 valence electrons. The Bertz CT molecular complexity index is 203. The maximum atomic E-state index is 5.72. The number of methoxy groups -OCH3 is 1. The lowest BCUT2D eigenvalue weighted by atomic mass is 10.4. The summed E-state index contributed by atoms with van der Waals surface area (Å²) in [6.07, 6.45) is 7.32. The van der Waals surface area contributed by atoms with Crippen LogP contribution >= 0.6 is 11.6 Å². The van der Waals surface area contributed by atoms with Gasteiger partial charge in [0.25, 0.3) is 0 Å². The fourth-order valence-electron chi connectivity index (χ4n) is 0.618. The first-order valence-electron chi connectivity index (χ1n) is 3.63. The quantitative estimate of drug-likeness (QED) is 0.539. The molecule has 0 amide bonds. The highest BCUT2D eigenvalue weighted by Gasteiger charge is 1.92. The SMILES string of the molecule is CN/C=C/C=C\C(OC)=C(/C)Cl. The van der Waals surface area contributed by atoms with Gasteiger partial charge in [-0.1, -0.05) is 17.7 Å². The lowest BCUT2D eigenvalue weighted by molar-refractivity contribution is 0.305. The second-order valence-corrected chi connectivity index (χ2v) is 2.68. The fraction of sp³-hybridized carbons (Fsp3) is 0.333. The van der Waals surface area contributed by atoms with Gasteiger partial charge in [-0.2, -0.15) is 0 Å². The summed E-state index contributed by atoms with van der Waals surface area (Å²) in [5, 5.41) is 3.51. The van der Waals surface area contributed by atoms with Crippen LogP contribution in [0.4, 0.5) is 0 Å². The van der Waals surface area contributed by atoms with Crippen LogP contribution in [0.5, 0.6) is 0 Å². The molecule has 0 aromatic rings. The number of hydrogen-bond donors (Lipinski definition) is 1. The smallest absolute Gasteiger partial charge is 0.133 e. The van der Waals surface area contributed by atoms with Gasteiger partial charge in [0.15, 0.2) is 0 Å². The van der Waals surface area contributed by atoms with E-state index in [1.54, 1.807) is 20.1 Å². The summed E-state index contributed by atoms with van der Waals surface area (Å²) in [5.74, 6) is 0.678. The summed E-state index contributed by atoms with van der Waals surface area (Å²) in [5.41, 5.74) is 0. The van der Waals surface area contributed by atoms with E-state index < -0.39 is 0 Å². The number of hydrogen-bond acceptors (Lipinski definition) is 2. The molecule has 0 aliphatic carbocycles. The molecule has 3 heteroatoms. The van der Waals surface area contributed by atoms with Crippen LogP contribution in [0, 0.1) is 0 Å². The van der Waals surface area contributed by atoms with E-state index in [1.807, 2.05) is 25.4 Å². The third kappa shape index (κ3) is 4.85. The van der Waals surface area contributed by atoms with Crippen molar-refractivity contribution in [3.63, 3.8) is 0 Å². The fourth-order valence-corrected chi connectivity index (χ4v) is 0.758. The van der Waals surface area contributed by atoms with Gasteiger partial charge in [0.05, 0.1) is 12.1 Å². The molecule has 12 heavy (non-hydrogen) atoms. The molecular weight excluding hydrogens is 174 g/mol. The Morgan fingerprint density at radius 2 is 2.08 bits per heavy atom. The topological polar surface area (TPSA) is 21.3 Å². The van der Waals surface area contributed by atoms with Gasteiger partial charge in [-0.15, -0.1) is 0 Å². The Balaban J connectivity index is 4.13. The standard InChI is InChI=1S/C9H14ClNO/c1-8(10)9(12-3)6-4-5-7-11-2/h4-7,11H,1-3H3/b6-4-,7-5+,9-8-. The van der Waals surface area contributed by atoms with Gasteiger partial charge >= 0.3 is 0 Å². The normalized spacial score (nSPS) is 13.7. The molecule has 0 spiro atoms. The molecule has 2 nitrogen and oxygen atoms in total. The summed E-state index contributed by atoms with van der Waals surface area (Å²) in [6, 6.07) is 0. The average Bonchev–Trinajstić information content (AvgIpc) is 2.04. The number of rotatable bonds is 4. The summed E-state index contributed by atoms with van der Waals surface area (Å²) < 4.78 is 5.00. The number of nitrogens with one attached hydrogen (secondary N) is 1. The van der Waals surface area contributed by atoms with Gasteiger partial charge in [0.2, 0.25) is 0 Å². The van der Waals surface area contributed by atoms with E-state index in [2.05, 4.69) is 5.32 Å². The summed E-state index contributed by atoms with van der Waals surface area (Å²) >= 11 is 5.72. The van der Waals surface area contributed by atoms with E-state index in [1.165, 1.54) is 0 Å². The van der Waals surface area contributed by atoms with E-state index in [0.29, 0.717) is 10.8 Å². The Morgan fingerprint density at radius 3 is 2.50 bits per heavy atom. The van der Waals surface area contributed by atoms with Crippen LogP contribution in [0.3, 0.4) is 0 Å². The molecule has 0 unspecified atom stereocenters. The molecule has 0 heterocycles. The molecule has 0 saturated carbocycles. The summed E-state index contributed by atoms with van der Waals surface area (Å²) in [6.45, 7) is 1.78. The van der Waals surface area contributed by atoms with Gasteiger partial charge in [-0.3, -0.25) is 0 Å². The van der Waals surface area contributed by atoms with Gasteiger partial charge in [-0.25, -0.2) is 0 Å². The lowest BCUT2D eigenvalue weighted by Crippen LogP contribution is -1.89. The van der Waals surface area contributed by atoms with Crippen molar-refractivity contribution >= 4 is 11.6 Å². The number of ether oxygens (including phenoxy) is 1. The molecule has 0 atom stereocenters. The molecule has 0 rings (SSSR count). The van der Waals surface area contributed by atoms with Crippen LogP contribution < -0.4 is 5.32 Å². The van der Waals surface area contributed by atoms with Crippen molar-refractivity contribution in [3.8, 4) is 0 Å². The third-order valence-corrected chi connectivity index (χ3v) is 1.37. The highest BCUT2D eigenvalue weighted by Crippen LogP contribution is 2.09. The van der Waals surface area contributed by atoms with E-state index >= 15 is 0 Å². The van der Waals surface area contributed by atoms with E-state index in [-0.39, 0.29) is 0 Å². The van der Waals surface area contributed by atoms with Crippen molar-refractivity contribution in [2.24, 2.45) is 0 Å². The lowest BCUT2D eigenvalue weighted by Gasteiger charge is -1.99. The highest BCUT2D eigenvalue weighted by molar-refractivity contribution is 6.29. The van der Waals surface area contributed by atoms with Crippen molar-refractivity contribution in [2.45, 2.75) is 6.92 Å². The van der Waals surface area contributed by atoms with Crippen molar-refractivity contribution in [3.05, 3.63) is 35.2 Å². The van der Waals surface area contributed by atoms with E-state index in [4.69, 9.17) is 16.3 Å². The largest absolute Gasteiger partial charge is 0.496 e. The van der Waals surface area contributed by atoms with Crippen LogP contribution in [0.25, 0.3) is 0 Å². The first kappa shape index (κ1) is 11.1. The summed E-state index contributed by atoms with van der Waals surface area (Å²) in [4.78, 5) is 0. The van der Waals surface area contributed by atoms with Crippen LogP contribution in [0.15, 0.2) is 35.2 Å². The minimum atomic E-state index is 0.645. The van der Waals surface area contributed by atoms with Crippen molar-refractivity contribution in [1.29, 1.82) is 0 Å². The molecule has 0 aliphatic heterocycles. The van der Waals surface area contributed by atoms with E-state index in [9.17, 15) is 0 Å². The molecule has 0 aliphatic rings. The monoisotopic (exact) mass is 187 g/mol. The maximum Gasteiger partial charge on any atom is 0.133 e. The minimum Gasteiger partial charge on any atom is -0.496 e. The summed E-state index contributed by atoms with van der Waals surface area (Å²) in [7, 11) is 3.43. The Kier molecular flexibility index (Phi) is 6.29. The first-order valence-corrected chi connectivity index (χ1v) is 4.01. The number of halogens is 1. The maximum absolute atomic E-state index is 5.72. The second-order valence-electron chi connectivity index (χ2n) is 2.11. The molecule has 0 aromatic carbocycles. The minimum absolute atomic E-state index is 0.645. The predicted octanol–water partition coefficient (Wildman–Crippen LogP) is 2.39. The highest BCUT2D eigenvalue weighted by atomic mass is 35.5. The zero-order valence-electron chi connectivity index (χ0n) is 7.60. The van der Waals surface area contributed by atoms with Gasteiger partial charge < -0.3 is 10.1 Å². The van der Waals surface area contributed by atoms with Gasteiger partial charge in [0, 0.05) is 7.05 Å². The Hall–Kier alpha value is -0.890. The van der Waals surface area contributed by atoms with Crippen LogP contribution in [-0.2, 0) is 4.74 Å². The first-order chi connectivity index (χ1) is 5.72. The average molecular weight is 188 g/mol. The molecular formula is C9H14ClNO. The van der Waals surface area contributed by atoms with Gasteiger partial charge in [0.1, 0.15) is 5.76 Å². The molecule has 0 fully saturated rings. The number of allylic oxidation sites excluding steroid dienone is 4. The van der Waals surface area contributed by atoms with Crippen molar-refractivity contribution in [1.82, 2.24) is 5.32 Å². The van der Waals surface area contributed by atoms with Crippen molar-refractivity contribution in [2.75, 3.05) is 14.2 Å². The van der Waals surface area contributed by atoms with Crippen LogP contribution in [0.1, 0.15) is 6.92 Å². The van der Waals surface area contributed by atoms with Crippen LogP contribution in [-0.4, -0.2) is 14.2 Å². The molecule has 0 aromatic heterocycles. The van der Waals surface area contributed by atoms with Gasteiger partial charge in [-0.05, 0) is 25.3 Å². The zero-order valence-corrected chi connectivity index (χ0v) is 8.35.